The molecule has 0 aliphatic rings. The summed E-state index contributed by atoms with van der Waals surface area (Å²) in [4.78, 5) is 33.7. The van der Waals surface area contributed by atoms with Gasteiger partial charge in [-0.2, -0.15) is 0 Å². The molecule has 2 aromatic carbocycles. The van der Waals surface area contributed by atoms with Crippen molar-refractivity contribution >= 4 is 23.3 Å². The molecule has 0 fully saturated rings. The van der Waals surface area contributed by atoms with Crippen LogP contribution in [0.5, 0.6) is 5.75 Å². The highest BCUT2D eigenvalue weighted by molar-refractivity contribution is 5.96. The molecule has 0 spiro atoms. The molecule has 0 aromatic heterocycles. The molecule has 0 saturated carbocycles. The molecule has 0 radical (unpaired) electrons. The topological polar surface area (TPSA) is 108 Å². The Kier molecular flexibility index (Phi) is 5.96. The van der Waals surface area contributed by atoms with Gasteiger partial charge in [-0.1, -0.05) is 0 Å². The van der Waals surface area contributed by atoms with Crippen LogP contribution in [-0.4, -0.2) is 30.5 Å². The van der Waals surface area contributed by atoms with E-state index in [1.807, 2.05) is 5.32 Å². The number of ether oxygens (including phenoxy) is 2. The van der Waals surface area contributed by atoms with E-state index in [-0.39, 0.29) is 11.3 Å². The van der Waals surface area contributed by atoms with Gasteiger partial charge in [0.1, 0.15) is 0 Å². The third-order valence-electron chi connectivity index (χ3n) is 3.25. The average Bonchev–Trinajstić information content (AvgIpc) is 2.65. The Morgan fingerprint density at radius 2 is 1.85 bits per heavy atom. The second-order valence-electron chi connectivity index (χ2n) is 4.99. The second-order valence-corrected chi connectivity index (χ2v) is 4.99. The summed E-state index contributed by atoms with van der Waals surface area (Å²) >= 11 is 0. The zero-order valence-corrected chi connectivity index (χ0v) is 13.6. The predicted molar refractivity (Wildman–Crippen MR) is 84.9 cm³/mol. The zero-order chi connectivity index (χ0) is 20.1. The fourth-order valence-corrected chi connectivity index (χ4v) is 1.98. The molecule has 0 aliphatic carbocycles. The van der Waals surface area contributed by atoms with Gasteiger partial charge in [-0.15, -0.1) is 0 Å². The summed E-state index contributed by atoms with van der Waals surface area (Å²) < 4.78 is 48.8. The number of benzene rings is 2. The molecule has 0 atom stereocenters. The molecule has 8 nitrogen and oxygen atoms in total. The molecule has 0 aliphatic heterocycles. The van der Waals surface area contributed by atoms with Crippen molar-refractivity contribution in [3.8, 4) is 5.75 Å². The van der Waals surface area contributed by atoms with E-state index in [2.05, 4.69) is 4.74 Å². The lowest BCUT2D eigenvalue weighted by Crippen LogP contribution is -2.21. The number of carbonyl (C=O) groups excluding carboxylic acids is 2. The summed E-state index contributed by atoms with van der Waals surface area (Å²) in [5.74, 6) is -6.99. The second kappa shape index (κ2) is 8.17. The van der Waals surface area contributed by atoms with Gasteiger partial charge in [0.15, 0.2) is 29.8 Å². The van der Waals surface area contributed by atoms with Crippen molar-refractivity contribution in [2.45, 2.75) is 0 Å². The number of nitro benzene ring substituents is 1. The van der Waals surface area contributed by atoms with Gasteiger partial charge in [-0.3, -0.25) is 14.9 Å². The average molecular weight is 384 g/mol. The van der Waals surface area contributed by atoms with Gasteiger partial charge < -0.3 is 14.8 Å². The van der Waals surface area contributed by atoms with Crippen LogP contribution in [0.25, 0.3) is 0 Å². The first kappa shape index (κ1) is 19.7. The van der Waals surface area contributed by atoms with Gasteiger partial charge in [-0.05, 0) is 24.3 Å². The summed E-state index contributed by atoms with van der Waals surface area (Å²) in [5, 5.41) is 12.8. The van der Waals surface area contributed by atoms with Crippen LogP contribution in [-0.2, 0) is 9.53 Å². The van der Waals surface area contributed by atoms with E-state index in [1.165, 1.54) is 19.2 Å². The number of esters is 1. The Bertz CT molecular complexity index is 919. The Balaban J connectivity index is 2.03. The van der Waals surface area contributed by atoms with Crippen molar-refractivity contribution in [3.63, 3.8) is 0 Å². The van der Waals surface area contributed by atoms with Crippen molar-refractivity contribution in [2.24, 2.45) is 0 Å². The largest absolute Gasteiger partial charge is 0.490 e. The normalized spacial score (nSPS) is 10.2. The summed E-state index contributed by atoms with van der Waals surface area (Å²) in [6.45, 7) is -0.892. The lowest BCUT2D eigenvalue weighted by Gasteiger charge is -2.08. The van der Waals surface area contributed by atoms with Crippen LogP contribution in [0.3, 0.4) is 0 Å². The fraction of sp³-hybridized carbons (Fsp3) is 0.125. The Morgan fingerprint density at radius 3 is 2.48 bits per heavy atom. The van der Waals surface area contributed by atoms with Crippen LogP contribution in [0.15, 0.2) is 30.3 Å². The molecule has 1 amide bonds. The van der Waals surface area contributed by atoms with E-state index in [0.717, 1.165) is 12.1 Å². The van der Waals surface area contributed by atoms with Crippen molar-refractivity contribution < 1.29 is 37.2 Å². The molecular formula is C16H11F3N2O6. The number of nitrogens with zero attached hydrogens (tertiary/aromatic N) is 1. The van der Waals surface area contributed by atoms with E-state index < -0.39 is 52.2 Å². The lowest BCUT2D eigenvalue weighted by atomic mass is 10.2. The Hall–Kier alpha value is -3.63. The third-order valence-corrected chi connectivity index (χ3v) is 3.25. The van der Waals surface area contributed by atoms with Crippen molar-refractivity contribution in [1.82, 2.24) is 0 Å². The number of nitro groups is 1. The zero-order valence-electron chi connectivity index (χ0n) is 13.6. The maximum Gasteiger partial charge on any atom is 0.338 e. The molecule has 27 heavy (non-hydrogen) atoms. The van der Waals surface area contributed by atoms with E-state index >= 15 is 0 Å². The molecule has 0 heterocycles. The quantitative estimate of drug-likeness (QED) is 0.355. The minimum Gasteiger partial charge on any atom is -0.490 e. The van der Waals surface area contributed by atoms with Crippen LogP contribution < -0.4 is 10.1 Å². The highest BCUT2D eigenvalue weighted by atomic mass is 19.2. The van der Waals surface area contributed by atoms with Crippen molar-refractivity contribution in [1.29, 1.82) is 0 Å². The van der Waals surface area contributed by atoms with Gasteiger partial charge >= 0.3 is 11.7 Å². The molecule has 1 N–H and O–H groups in total. The number of hydrogen-bond acceptors (Lipinski definition) is 6. The predicted octanol–water partition coefficient (Wildman–Crippen LogP) is 2.82. The van der Waals surface area contributed by atoms with Gasteiger partial charge in [0.05, 0.1) is 23.3 Å². The molecule has 11 heteroatoms. The molecule has 2 rings (SSSR count). The maximum absolute atomic E-state index is 13.5. The molecule has 0 saturated heterocycles. The van der Waals surface area contributed by atoms with Crippen LogP contribution in [0.4, 0.5) is 24.5 Å². The Morgan fingerprint density at radius 1 is 1.15 bits per heavy atom. The number of anilines is 1. The molecule has 0 unspecified atom stereocenters. The molecule has 142 valence electrons. The highest BCUT2D eigenvalue weighted by Gasteiger charge is 2.20. The SMILES string of the molecule is COc1ccc(C(=O)OCC(=O)Nc2ccc(F)c(F)c2F)cc1[N+](=O)[O-]. The van der Waals surface area contributed by atoms with Crippen LogP contribution in [0, 0.1) is 27.6 Å². The minimum absolute atomic E-state index is 0.0805. The van der Waals surface area contributed by atoms with E-state index in [1.54, 1.807) is 0 Å². The number of rotatable bonds is 6. The Labute approximate surface area is 149 Å². The van der Waals surface area contributed by atoms with E-state index in [9.17, 15) is 32.9 Å². The number of methoxy groups -OCH3 is 1. The number of halogens is 3. The first-order valence-corrected chi connectivity index (χ1v) is 7.17. The van der Waals surface area contributed by atoms with Crippen LogP contribution in [0.1, 0.15) is 10.4 Å². The number of hydrogen-bond donors (Lipinski definition) is 1. The maximum atomic E-state index is 13.5. The number of carbonyl (C=O) groups is 2. The molecule has 2 aromatic rings. The summed E-state index contributed by atoms with van der Waals surface area (Å²) in [5.41, 5.74) is -1.36. The third kappa shape index (κ3) is 4.51. The van der Waals surface area contributed by atoms with Gasteiger partial charge in [0, 0.05) is 6.07 Å². The van der Waals surface area contributed by atoms with Crippen molar-refractivity contribution in [3.05, 3.63) is 63.5 Å². The molecular weight excluding hydrogens is 373 g/mol. The minimum atomic E-state index is -1.77. The lowest BCUT2D eigenvalue weighted by molar-refractivity contribution is -0.385. The standard InChI is InChI=1S/C16H11F3N2O6/c1-26-12-5-2-8(6-11(12)21(24)25)16(23)27-7-13(22)20-10-4-3-9(17)14(18)15(10)19/h2-6H,7H2,1H3,(H,20,22). The monoisotopic (exact) mass is 384 g/mol. The molecule has 0 bridgehead atoms. The highest BCUT2D eigenvalue weighted by Crippen LogP contribution is 2.27. The van der Waals surface area contributed by atoms with Crippen LogP contribution in [0.2, 0.25) is 0 Å². The van der Waals surface area contributed by atoms with Crippen LogP contribution >= 0.6 is 0 Å². The van der Waals surface area contributed by atoms with Crippen molar-refractivity contribution in [2.75, 3.05) is 19.0 Å². The van der Waals surface area contributed by atoms with E-state index in [0.29, 0.717) is 6.07 Å². The van der Waals surface area contributed by atoms with E-state index in [4.69, 9.17) is 4.74 Å². The first-order valence-electron chi connectivity index (χ1n) is 7.17. The van der Waals surface area contributed by atoms with Gasteiger partial charge in [-0.25, -0.2) is 18.0 Å². The smallest absolute Gasteiger partial charge is 0.338 e. The van der Waals surface area contributed by atoms with Gasteiger partial charge in [0.25, 0.3) is 5.91 Å². The fourth-order valence-electron chi connectivity index (χ4n) is 1.98. The number of amides is 1. The van der Waals surface area contributed by atoms with Gasteiger partial charge in [0.2, 0.25) is 0 Å². The summed E-state index contributed by atoms with van der Waals surface area (Å²) in [6.07, 6.45) is 0. The summed E-state index contributed by atoms with van der Waals surface area (Å²) in [6, 6.07) is 4.65. The summed E-state index contributed by atoms with van der Waals surface area (Å²) in [7, 11) is 1.21. The number of nitrogens with one attached hydrogen (secondary N) is 1. The first-order chi connectivity index (χ1) is 12.7.